The predicted octanol–water partition coefficient (Wildman–Crippen LogP) is 2.91. The Morgan fingerprint density at radius 3 is 3.00 bits per heavy atom. The number of halogens is 1. The number of allylic oxidation sites excluding steroid dienone is 1. The second-order valence-electron chi connectivity index (χ2n) is 3.07. The molecular weight excluding hydrogens is 279 g/mol. The molecule has 2 atom stereocenters. The SMILES string of the molecule is CCOC(CI)O[C@@H]1C=CCCC1. The molecule has 0 radical (unpaired) electrons. The van der Waals surface area contributed by atoms with E-state index in [1.165, 1.54) is 12.8 Å². The van der Waals surface area contributed by atoms with Crippen LogP contribution in [0.3, 0.4) is 0 Å². The first kappa shape index (κ1) is 11.5. The van der Waals surface area contributed by atoms with Crippen LogP contribution >= 0.6 is 22.6 Å². The Morgan fingerprint density at radius 1 is 1.62 bits per heavy atom. The highest BCUT2D eigenvalue weighted by molar-refractivity contribution is 14.1. The Hall–Kier alpha value is 0.390. The fourth-order valence-electron chi connectivity index (χ4n) is 1.40. The van der Waals surface area contributed by atoms with Crippen molar-refractivity contribution in [3.8, 4) is 0 Å². The highest BCUT2D eigenvalue weighted by atomic mass is 127. The summed E-state index contributed by atoms with van der Waals surface area (Å²) >= 11 is 2.29. The van der Waals surface area contributed by atoms with Gasteiger partial charge in [0.1, 0.15) is 0 Å². The standard InChI is InChI=1S/C10H17IO2/c1-2-12-10(8-11)13-9-6-4-3-5-7-9/h4,6,9-10H,2-3,5,7-8H2,1H3/t9-,10?/m1/s1. The third-order valence-electron chi connectivity index (χ3n) is 2.02. The molecule has 1 unspecified atom stereocenters. The van der Waals surface area contributed by atoms with Gasteiger partial charge in [-0.3, -0.25) is 0 Å². The van der Waals surface area contributed by atoms with Crippen LogP contribution < -0.4 is 0 Å². The Bertz CT molecular complexity index is 159. The van der Waals surface area contributed by atoms with Crippen molar-refractivity contribution >= 4 is 22.6 Å². The van der Waals surface area contributed by atoms with Crippen LogP contribution in [0.4, 0.5) is 0 Å². The smallest absolute Gasteiger partial charge is 0.167 e. The van der Waals surface area contributed by atoms with Crippen molar-refractivity contribution in [3.05, 3.63) is 12.2 Å². The molecule has 13 heavy (non-hydrogen) atoms. The third-order valence-corrected chi connectivity index (χ3v) is 2.73. The highest BCUT2D eigenvalue weighted by Gasteiger charge is 2.14. The van der Waals surface area contributed by atoms with Crippen molar-refractivity contribution in [2.45, 2.75) is 38.6 Å². The van der Waals surface area contributed by atoms with Crippen LogP contribution in [-0.4, -0.2) is 23.4 Å². The molecule has 0 aromatic rings. The number of alkyl halides is 1. The number of rotatable bonds is 5. The summed E-state index contributed by atoms with van der Waals surface area (Å²) in [6.07, 6.45) is 8.17. The zero-order chi connectivity index (χ0) is 9.52. The summed E-state index contributed by atoms with van der Waals surface area (Å²) in [5, 5.41) is 0. The molecule has 0 fully saturated rings. The van der Waals surface area contributed by atoms with Crippen molar-refractivity contribution in [3.63, 3.8) is 0 Å². The summed E-state index contributed by atoms with van der Waals surface area (Å²) in [5.41, 5.74) is 0. The third kappa shape index (κ3) is 4.42. The predicted molar refractivity (Wildman–Crippen MR) is 62.2 cm³/mol. The number of ether oxygens (including phenoxy) is 2. The van der Waals surface area contributed by atoms with Gasteiger partial charge in [-0.1, -0.05) is 34.7 Å². The van der Waals surface area contributed by atoms with Crippen LogP contribution in [0.1, 0.15) is 26.2 Å². The molecule has 0 spiro atoms. The zero-order valence-corrected chi connectivity index (χ0v) is 10.2. The molecule has 3 heteroatoms. The van der Waals surface area contributed by atoms with E-state index < -0.39 is 0 Å². The molecule has 0 aromatic heterocycles. The van der Waals surface area contributed by atoms with E-state index in [0.29, 0.717) is 0 Å². The van der Waals surface area contributed by atoms with Crippen molar-refractivity contribution in [2.75, 3.05) is 11.0 Å². The Morgan fingerprint density at radius 2 is 2.46 bits per heavy atom. The average Bonchev–Trinajstić information content (AvgIpc) is 2.19. The van der Waals surface area contributed by atoms with E-state index in [1.54, 1.807) is 0 Å². The topological polar surface area (TPSA) is 18.5 Å². The van der Waals surface area contributed by atoms with Crippen LogP contribution in [0, 0.1) is 0 Å². The van der Waals surface area contributed by atoms with Gasteiger partial charge in [0.2, 0.25) is 0 Å². The van der Waals surface area contributed by atoms with Crippen LogP contribution in [-0.2, 0) is 9.47 Å². The monoisotopic (exact) mass is 296 g/mol. The molecule has 1 rings (SSSR count). The van der Waals surface area contributed by atoms with Gasteiger partial charge >= 0.3 is 0 Å². The van der Waals surface area contributed by atoms with E-state index in [2.05, 4.69) is 34.7 Å². The largest absolute Gasteiger partial charge is 0.352 e. The van der Waals surface area contributed by atoms with E-state index in [1.807, 2.05) is 6.92 Å². The van der Waals surface area contributed by atoms with Gasteiger partial charge in [-0.2, -0.15) is 0 Å². The molecule has 0 bridgehead atoms. The molecule has 0 N–H and O–H groups in total. The first-order valence-corrected chi connectivity index (χ1v) is 6.39. The molecule has 0 saturated carbocycles. The van der Waals surface area contributed by atoms with E-state index in [-0.39, 0.29) is 12.4 Å². The molecule has 2 nitrogen and oxygen atoms in total. The minimum Gasteiger partial charge on any atom is -0.352 e. The van der Waals surface area contributed by atoms with E-state index in [0.717, 1.165) is 17.5 Å². The molecule has 0 aromatic carbocycles. The van der Waals surface area contributed by atoms with Crippen LogP contribution in [0.2, 0.25) is 0 Å². The quantitative estimate of drug-likeness (QED) is 0.336. The summed E-state index contributed by atoms with van der Waals surface area (Å²) in [6.45, 7) is 2.73. The van der Waals surface area contributed by atoms with Crippen molar-refractivity contribution in [1.82, 2.24) is 0 Å². The Kier molecular flexibility index (Phi) is 5.98. The summed E-state index contributed by atoms with van der Waals surface area (Å²) in [5.74, 6) is 0. The minimum absolute atomic E-state index is 0.0293. The Labute approximate surface area is 93.8 Å². The minimum atomic E-state index is -0.0293. The molecule has 76 valence electrons. The number of hydrogen-bond donors (Lipinski definition) is 0. The molecule has 0 amide bonds. The van der Waals surface area contributed by atoms with Gasteiger partial charge in [0, 0.05) is 6.61 Å². The summed E-state index contributed by atoms with van der Waals surface area (Å²) < 4.78 is 12.1. The lowest BCUT2D eigenvalue weighted by Gasteiger charge is -2.23. The Balaban J connectivity index is 2.27. The van der Waals surface area contributed by atoms with Gasteiger partial charge in [0.15, 0.2) is 6.29 Å². The van der Waals surface area contributed by atoms with E-state index in [9.17, 15) is 0 Å². The fraction of sp³-hybridized carbons (Fsp3) is 0.800. The van der Waals surface area contributed by atoms with Crippen molar-refractivity contribution in [1.29, 1.82) is 0 Å². The first-order valence-electron chi connectivity index (χ1n) is 4.86. The summed E-state index contributed by atoms with van der Waals surface area (Å²) in [4.78, 5) is 0. The van der Waals surface area contributed by atoms with Gasteiger partial charge in [0.05, 0.1) is 10.5 Å². The fourth-order valence-corrected chi connectivity index (χ4v) is 1.86. The normalized spacial score (nSPS) is 24.6. The maximum Gasteiger partial charge on any atom is 0.167 e. The van der Waals surface area contributed by atoms with Gasteiger partial charge < -0.3 is 9.47 Å². The maximum atomic E-state index is 5.76. The summed E-state index contributed by atoms with van der Waals surface area (Å²) in [6, 6.07) is 0. The van der Waals surface area contributed by atoms with Gasteiger partial charge in [-0.15, -0.1) is 0 Å². The number of hydrogen-bond acceptors (Lipinski definition) is 2. The van der Waals surface area contributed by atoms with Crippen LogP contribution in [0.5, 0.6) is 0 Å². The van der Waals surface area contributed by atoms with Gasteiger partial charge in [-0.25, -0.2) is 0 Å². The highest BCUT2D eigenvalue weighted by Crippen LogP contribution is 2.16. The average molecular weight is 296 g/mol. The molecular formula is C10H17IO2. The second kappa shape index (κ2) is 6.79. The molecule has 0 saturated heterocycles. The van der Waals surface area contributed by atoms with E-state index in [4.69, 9.17) is 9.47 Å². The lowest BCUT2D eigenvalue weighted by Crippen LogP contribution is -2.25. The lowest BCUT2D eigenvalue weighted by molar-refractivity contribution is -0.143. The van der Waals surface area contributed by atoms with Crippen molar-refractivity contribution in [2.24, 2.45) is 0 Å². The molecule has 1 aliphatic rings. The molecule has 0 heterocycles. The van der Waals surface area contributed by atoms with Crippen molar-refractivity contribution < 1.29 is 9.47 Å². The lowest BCUT2D eigenvalue weighted by atomic mass is 10.1. The van der Waals surface area contributed by atoms with Crippen LogP contribution in [0.25, 0.3) is 0 Å². The summed E-state index contributed by atoms with van der Waals surface area (Å²) in [7, 11) is 0. The van der Waals surface area contributed by atoms with E-state index >= 15 is 0 Å². The molecule has 1 aliphatic carbocycles. The second-order valence-corrected chi connectivity index (χ2v) is 3.95. The van der Waals surface area contributed by atoms with Gasteiger partial charge in [0.25, 0.3) is 0 Å². The van der Waals surface area contributed by atoms with Crippen LogP contribution in [0.15, 0.2) is 12.2 Å². The first-order chi connectivity index (χ1) is 6.36. The van der Waals surface area contributed by atoms with Gasteiger partial charge in [-0.05, 0) is 26.2 Å². The maximum absolute atomic E-state index is 5.76. The zero-order valence-electron chi connectivity index (χ0n) is 8.04. The molecule has 0 aliphatic heterocycles.